The summed E-state index contributed by atoms with van der Waals surface area (Å²) < 4.78 is 27.8. The first-order valence-corrected chi connectivity index (χ1v) is 8.29. The van der Waals surface area contributed by atoms with Gasteiger partial charge in [-0.15, -0.1) is 0 Å². The van der Waals surface area contributed by atoms with Crippen LogP contribution in [0.15, 0.2) is 23.1 Å². The smallest absolute Gasteiger partial charge is 0.255 e. The number of carbonyl (C=O) groups excluding carboxylic acids is 1. The number of rotatable bonds is 7. The topological polar surface area (TPSA) is 98.5 Å². The summed E-state index contributed by atoms with van der Waals surface area (Å²) in [6.07, 6.45) is 1.87. The normalized spacial score (nSPS) is 11.5. The van der Waals surface area contributed by atoms with E-state index in [2.05, 4.69) is 19.2 Å². The molecule has 0 aromatic heterocycles. The fourth-order valence-corrected chi connectivity index (χ4v) is 2.39. The van der Waals surface area contributed by atoms with Crippen LogP contribution in [-0.2, 0) is 10.0 Å². The molecule has 0 radical (unpaired) electrons. The Morgan fingerprint density at radius 3 is 2.57 bits per heavy atom. The Hall–Kier alpha value is -1.60. The lowest BCUT2D eigenvalue weighted by Crippen LogP contribution is -2.25. The Balaban J connectivity index is 2.86. The van der Waals surface area contributed by atoms with Crippen molar-refractivity contribution in [1.82, 2.24) is 5.32 Å². The molecule has 21 heavy (non-hydrogen) atoms. The maximum absolute atomic E-state index is 12.1. The predicted octanol–water partition coefficient (Wildman–Crippen LogP) is 1.51. The zero-order valence-corrected chi connectivity index (χ0v) is 13.4. The molecule has 0 fully saturated rings. The van der Waals surface area contributed by atoms with E-state index in [-0.39, 0.29) is 16.4 Å². The lowest BCUT2D eigenvalue weighted by molar-refractivity contribution is 0.0949. The van der Waals surface area contributed by atoms with E-state index in [0.29, 0.717) is 18.2 Å². The number of sulfonamides is 1. The van der Waals surface area contributed by atoms with Gasteiger partial charge >= 0.3 is 0 Å². The van der Waals surface area contributed by atoms with Gasteiger partial charge in [-0.05, 0) is 37.0 Å². The molecule has 0 aliphatic rings. The summed E-state index contributed by atoms with van der Waals surface area (Å²) in [7, 11) is -2.44. The summed E-state index contributed by atoms with van der Waals surface area (Å²) in [6.45, 7) is 4.75. The van der Waals surface area contributed by atoms with Crippen LogP contribution in [0.4, 0.5) is 0 Å². The van der Waals surface area contributed by atoms with Gasteiger partial charge < -0.3 is 10.1 Å². The van der Waals surface area contributed by atoms with Gasteiger partial charge in [-0.25, -0.2) is 13.6 Å². The molecule has 0 saturated heterocycles. The molecule has 7 heteroatoms. The fourth-order valence-electron chi connectivity index (χ4n) is 1.85. The SMILES string of the molecule is COc1ccc(S(N)(=O)=O)cc1C(=O)NCCCC(C)C. The monoisotopic (exact) mass is 314 g/mol. The summed E-state index contributed by atoms with van der Waals surface area (Å²) in [5.74, 6) is 0.506. The average molecular weight is 314 g/mol. The van der Waals surface area contributed by atoms with Gasteiger partial charge in [0.05, 0.1) is 17.6 Å². The molecule has 0 atom stereocenters. The van der Waals surface area contributed by atoms with E-state index >= 15 is 0 Å². The molecule has 3 N–H and O–H groups in total. The summed E-state index contributed by atoms with van der Waals surface area (Å²) in [6, 6.07) is 3.96. The largest absolute Gasteiger partial charge is 0.496 e. The minimum Gasteiger partial charge on any atom is -0.496 e. The molecule has 118 valence electrons. The summed E-state index contributed by atoms with van der Waals surface area (Å²) >= 11 is 0. The van der Waals surface area contributed by atoms with Crippen molar-refractivity contribution in [2.75, 3.05) is 13.7 Å². The van der Waals surface area contributed by atoms with Crippen molar-refractivity contribution in [2.24, 2.45) is 11.1 Å². The number of nitrogens with one attached hydrogen (secondary N) is 1. The molecular formula is C14H22N2O4S. The molecular weight excluding hydrogens is 292 g/mol. The highest BCUT2D eigenvalue weighted by Gasteiger charge is 2.17. The van der Waals surface area contributed by atoms with Gasteiger partial charge in [-0.1, -0.05) is 13.8 Å². The van der Waals surface area contributed by atoms with Crippen LogP contribution >= 0.6 is 0 Å². The van der Waals surface area contributed by atoms with Gasteiger partial charge in [0.1, 0.15) is 5.75 Å². The Labute approximate surface area is 125 Å². The lowest BCUT2D eigenvalue weighted by Gasteiger charge is -2.11. The standard InChI is InChI=1S/C14H22N2O4S/c1-10(2)5-4-8-16-14(17)12-9-11(21(15,18)19)6-7-13(12)20-3/h6-7,9-10H,4-5,8H2,1-3H3,(H,16,17)(H2,15,18,19). The Kier molecular flexibility index (Phi) is 6.17. The highest BCUT2D eigenvalue weighted by atomic mass is 32.2. The second-order valence-corrected chi connectivity index (χ2v) is 6.76. The number of ether oxygens (including phenoxy) is 1. The van der Waals surface area contributed by atoms with Crippen LogP contribution in [0, 0.1) is 5.92 Å². The lowest BCUT2D eigenvalue weighted by atomic mass is 10.1. The predicted molar refractivity (Wildman–Crippen MR) is 80.8 cm³/mol. The van der Waals surface area contributed by atoms with E-state index in [1.165, 1.54) is 25.3 Å². The van der Waals surface area contributed by atoms with Gasteiger partial charge in [0, 0.05) is 6.54 Å². The van der Waals surface area contributed by atoms with Crippen molar-refractivity contribution >= 4 is 15.9 Å². The minimum atomic E-state index is -3.86. The summed E-state index contributed by atoms with van der Waals surface area (Å²) in [5, 5.41) is 7.83. The van der Waals surface area contributed by atoms with E-state index < -0.39 is 10.0 Å². The van der Waals surface area contributed by atoms with E-state index in [9.17, 15) is 13.2 Å². The summed E-state index contributed by atoms with van der Waals surface area (Å²) in [5.41, 5.74) is 0.161. The average Bonchev–Trinajstić information content (AvgIpc) is 2.41. The molecule has 0 aliphatic carbocycles. The van der Waals surface area contributed by atoms with Crippen LogP contribution in [0.5, 0.6) is 5.75 Å². The molecule has 6 nitrogen and oxygen atoms in total. The summed E-state index contributed by atoms with van der Waals surface area (Å²) in [4.78, 5) is 12.0. The van der Waals surface area contributed by atoms with Gasteiger partial charge in [-0.3, -0.25) is 4.79 Å². The molecule has 1 amide bonds. The highest BCUT2D eigenvalue weighted by molar-refractivity contribution is 7.89. The van der Waals surface area contributed by atoms with Crippen LogP contribution in [-0.4, -0.2) is 28.0 Å². The van der Waals surface area contributed by atoms with Crippen molar-refractivity contribution in [3.63, 3.8) is 0 Å². The van der Waals surface area contributed by atoms with Gasteiger partial charge in [0.2, 0.25) is 10.0 Å². The van der Waals surface area contributed by atoms with Crippen molar-refractivity contribution < 1.29 is 17.9 Å². The van der Waals surface area contributed by atoms with Gasteiger partial charge in [0.15, 0.2) is 0 Å². The maximum Gasteiger partial charge on any atom is 0.255 e. The Morgan fingerprint density at radius 2 is 2.05 bits per heavy atom. The number of methoxy groups -OCH3 is 1. The molecule has 1 aromatic carbocycles. The third-order valence-corrected chi connectivity index (χ3v) is 3.90. The number of hydrogen-bond acceptors (Lipinski definition) is 4. The highest BCUT2D eigenvalue weighted by Crippen LogP contribution is 2.21. The quantitative estimate of drug-likeness (QED) is 0.745. The molecule has 1 aromatic rings. The van der Waals surface area contributed by atoms with E-state index in [4.69, 9.17) is 9.88 Å². The van der Waals surface area contributed by atoms with E-state index in [1.54, 1.807) is 0 Å². The van der Waals surface area contributed by atoms with Crippen molar-refractivity contribution in [3.05, 3.63) is 23.8 Å². The van der Waals surface area contributed by atoms with Gasteiger partial charge in [-0.2, -0.15) is 0 Å². The van der Waals surface area contributed by atoms with Crippen molar-refractivity contribution in [1.29, 1.82) is 0 Å². The molecule has 0 bridgehead atoms. The Morgan fingerprint density at radius 1 is 1.38 bits per heavy atom. The fraction of sp³-hybridized carbons (Fsp3) is 0.500. The molecule has 0 aliphatic heterocycles. The number of benzene rings is 1. The zero-order valence-electron chi connectivity index (χ0n) is 12.5. The van der Waals surface area contributed by atoms with Gasteiger partial charge in [0.25, 0.3) is 5.91 Å². The first-order valence-electron chi connectivity index (χ1n) is 6.74. The van der Waals surface area contributed by atoms with Crippen molar-refractivity contribution in [2.45, 2.75) is 31.6 Å². The minimum absolute atomic E-state index is 0.115. The second kappa shape index (κ2) is 7.42. The Bertz CT molecular complexity index is 597. The first kappa shape index (κ1) is 17.5. The molecule has 0 saturated carbocycles. The van der Waals surface area contributed by atoms with Crippen LogP contribution < -0.4 is 15.2 Å². The first-order chi connectivity index (χ1) is 9.75. The third kappa shape index (κ3) is 5.35. The van der Waals surface area contributed by atoms with Crippen LogP contribution in [0.3, 0.4) is 0 Å². The van der Waals surface area contributed by atoms with Crippen LogP contribution in [0.2, 0.25) is 0 Å². The molecule has 0 unspecified atom stereocenters. The van der Waals surface area contributed by atoms with E-state index in [0.717, 1.165) is 12.8 Å². The van der Waals surface area contributed by atoms with E-state index in [1.807, 2.05) is 0 Å². The van der Waals surface area contributed by atoms with Crippen molar-refractivity contribution in [3.8, 4) is 5.75 Å². The van der Waals surface area contributed by atoms with Crippen LogP contribution in [0.1, 0.15) is 37.0 Å². The molecule has 0 heterocycles. The molecule has 0 spiro atoms. The number of amides is 1. The molecule has 1 rings (SSSR count). The number of hydrogen-bond donors (Lipinski definition) is 2. The maximum atomic E-state index is 12.1. The number of primary sulfonamides is 1. The van der Waals surface area contributed by atoms with Crippen LogP contribution in [0.25, 0.3) is 0 Å². The zero-order chi connectivity index (χ0) is 16.0. The number of nitrogens with two attached hydrogens (primary N) is 1. The second-order valence-electron chi connectivity index (χ2n) is 5.20. The number of carbonyl (C=O) groups is 1. The third-order valence-electron chi connectivity index (χ3n) is 2.99.